The van der Waals surface area contributed by atoms with Crippen molar-refractivity contribution in [2.75, 3.05) is 31.9 Å². The Labute approximate surface area is 200 Å². The molecule has 0 saturated heterocycles. The third-order valence-electron chi connectivity index (χ3n) is 4.93. The Bertz CT molecular complexity index is 1170. The molecule has 9 nitrogen and oxygen atoms in total. The van der Waals surface area contributed by atoms with Crippen LogP contribution in [0.4, 0.5) is 5.00 Å². The van der Waals surface area contributed by atoms with E-state index in [2.05, 4.69) is 15.5 Å². The van der Waals surface area contributed by atoms with Crippen LogP contribution in [0.15, 0.2) is 23.4 Å². The molecular weight excluding hydrogens is 464 g/mol. The molecule has 0 spiro atoms. The van der Waals surface area contributed by atoms with Crippen molar-refractivity contribution in [1.82, 2.24) is 14.8 Å². The number of thiophene rings is 1. The maximum atomic E-state index is 12.6. The SMILES string of the molecule is CCOC(=O)c1c(NC(=O)CSc2nnc(-c3ccc(OC)c(OC)c3)n2C)sc(C)c1C. The second kappa shape index (κ2) is 10.7. The van der Waals surface area contributed by atoms with Crippen molar-refractivity contribution in [3.05, 3.63) is 34.2 Å². The third kappa shape index (κ3) is 5.31. The minimum Gasteiger partial charge on any atom is -0.493 e. The first-order valence-electron chi connectivity index (χ1n) is 10.1. The molecule has 0 fully saturated rings. The van der Waals surface area contributed by atoms with Gasteiger partial charge in [0.25, 0.3) is 0 Å². The normalized spacial score (nSPS) is 10.7. The van der Waals surface area contributed by atoms with Gasteiger partial charge >= 0.3 is 5.97 Å². The number of nitrogens with zero attached hydrogens (tertiary/aromatic N) is 3. The molecular formula is C22H26N4O5S2. The summed E-state index contributed by atoms with van der Waals surface area (Å²) < 4.78 is 17.6. The predicted molar refractivity (Wildman–Crippen MR) is 129 cm³/mol. The molecule has 33 heavy (non-hydrogen) atoms. The zero-order valence-corrected chi connectivity index (χ0v) is 21.0. The maximum absolute atomic E-state index is 12.6. The van der Waals surface area contributed by atoms with Crippen molar-refractivity contribution in [3.63, 3.8) is 0 Å². The maximum Gasteiger partial charge on any atom is 0.341 e. The Balaban J connectivity index is 1.71. The van der Waals surface area contributed by atoms with Crippen molar-refractivity contribution in [2.24, 2.45) is 7.05 Å². The van der Waals surface area contributed by atoms with E-state index in [9.17, 15) is 9.59 Å². The summed E-state index contributed by atoms with van der Waals surface area (Å²) in [5, 5.41) is 12.4. The number of amides is 1. The average Bonchev–Trinajstić information content (AvgIpc) is 3.30. The van der Waals surface area contributed by atoms with Gasteiger partial charge in [0, 0.05) is 17.5 Å². The molecule has 0 atom stereocenters. The summed E-state index contributed by atoms with van der Waals surface area (Å²) in [5.74, 6) is 1.27. The minimum absolute atomic E-state index is 0.107. The first kappa shape index (κ1) is 24.6. The average molecular weight is 491 g/mol. The van der Waals surface area contributed by atoms with Crippen molar-refractivity contribution in [3.8, 4) is 22.9 Å². The quantitative estimate of drug-likeness (QED) is 0.353. The lowest BCUT2D eigenvalue weighted by molar-refractivity contribution is -0.113. The number of hydrogen-bond acceptors (Lipinski definition) is 9. The Morgan fingerprint density at radius 2 is 1.88 bits per heavy atom. The molecule has 11 heteroatoms. The van der Waals surface area contributed by atoms with Gasteiger partial charge in [0.15, 0.2) is 22.5 Å². The number of nitrogens with one attached hydrogen (secondary N) is 1. The third-order valence-corrected chi connectivity index (χ3v) is 7.07. The molecule has 0 aliphatic heterocycles. The molecule has 1 N–H and O–H groups in total. The van der Waals surface area contributed by atoms with Crippen molar-refractivity contribution in [2.45, 2.75) is 25.9 Å². The van der Waals surface area contributed by atoms with Gasteiger partial charge < -0.3 is 24.1 Å². The Hall–Kier alpha value is -3.05. The molecule has 2 aromatic heterocycles. The number of ether oxygens (including phenoxy) is 3. The van der Waals surface area contributed by atoms with Gasteiger partial charge in [-0.05, 0) is 44.5 Å². The molecule has 1 aromatic carbocycles. The fourth-order valence-electron chi connectivity index (χ4n) is 3.12. The second-order valence-corrected chi connectivity index (χ2v) is 9.15. The topological polar surface area (TPSA) is 105 Å². The van der Waals surface area contributed by atoms with Crippen molar-refractivity contribution >= 4 is 40.0 Å². The number of anilines is 1. The summed E-state index contributed by atoms with van der Waals surface area (Å²) in [6.07, 6.45) is 0. The summed E-state index contributed by atoms with van der Waals surface area (Å²) in [5.41, 5.74) is 2.03. The van der Waals surface area contributed by atoms with E-state index in [1.54, 1.807) is 27.2 Å². The molecule has 0 radical (unpaired) electrons. The lowest BCUT2D eigenvalue weighted by Gasteiger charge is -2.09. The van der Waals surface area contributed by atoms with Gasteiger partial charge in [-0.2, -0.15) is 0 Å². The highest BCUT2D eigenvalue weighted by molar-refractivity contribution is 7.99. The lowest BCUT2D eigenvalue weighted by Crippen LogP contribution is -2.16. The number of carbonyl (C=O) groups is 2. The van der Waals surface area contributed by atoms with Gasteiger partial charge in [0.05, 0.1) is 32.1 Å². The first-order valence-corrected chi connectivity index (χ1v) is 11.9. The van der Waals surface area contributed by atoms with Crippen LogP contribution in [0.25, 0.3) is 11.4 Å². The Morgan fingerprint density at radius 3 is 2.55 bits per heavy atom. The fourth-order valence-corrected chi connectivity index (χ4v) is 4.90. The van der Waals surface area contributed by atoms with E-state index in [1.807, 2.05) is 37.6 Å². The van der Waals surface area contributed by atoms with E-state index in [1.165, 1.54) is 23.1 Å². The van der Waals surface area contributed by atoms with Crippen LogP contribution in [-0.2, 0) is 16.6 Å². The van der Waals surface area contributed by atoms with Crippen LogP contribution in [0, 0.1) is 13.8 Å². The van der Waals surface area contributed by atoms with E-state index in [0.29, 0.717) is 33.0 Å². The molecule has 0 aliphatic rings. The molecule has 0 saturated carbocycles. The van der Waals surface area contributed by atoms with E-state index < -0.39 is 5.97 Å². The van der Waals surface area contributed by atoms with Crippen LogP contribution in [0.3, 0.4) is 0 Å². The number of aryl methyl sites for hydroxylation is 1. The van der Waals surface area contributed by atoms with Gasteiger partial charge in [0.2, 0.25) is 5.91 Å². The largest absolute Gasteiger partial charge is 0.493 e. The van der Waals surface area contributed by atoms with E-state index >= 15 is 0 Å². The van der Waals surface area contributed by atoms with Gasteiger partial charge in [-0.1, -0.05) is 11.8 Å². The number of carbonyl (C=O) groups excluding carboxylic acids is 2. The van der Waals surface area contributed by atoms with Crippen LogP contribution in [0.1, 0.15) is 27.7 Å². The monoisotopic (exact) mass is 490 g/mol. The summed E-state index contributed by atoms with van der Waals surface area (Å²) in [7, 11) is 4.98. The molecule has 0 unspecified atom stereocenters. The van der Waals surface area contributed by atoms with Gasteiger partial charge in [0.1, 0.15) is 5.00 Å². The van der Waals surface area contributed by atoms with Crippen molar-refractivity contribution < 1.29 is 23.8 Å². The molecule has 176 valence electrons. The number of methoxy groups -OCH3 is 2. The molecule has 0 aliphatic carbocycles. The molecule has 3 aromatic rings. The zero-order chi connectivity index (χ0) is 24.1. The highest BCUT2D eigenvalue weighted by Gasteiger charge is 2.22. The van der Waals surface area contributed by atoms with Gasteiger partial charge in [-0.15, -0.1) is 21.5 Å². The number of benzene rings is 1. The number of hydrogen-bond donors (Lipinski definition) is 1. The highest BCUT2D eigenvalue weighted by Crippen LogP contribution is 2.34. The second-order valence-electron chi connectivity index (χ2n) is 6.98. The van der Waals surface area contributed by atoms with Gasteiger partial charge in [-0.25, -0.2) is 4.79 Å². The zero-order valence-electron chi connectivity index (χ0n) is 19.3. The Morgan fingerprint density at radius 1 is 1.15 bits per heavy atom. The summed E-state index contributed by atoms with van der Waals surface area (Å²) in [4.78, 5) is 25.9. The summed E-state index contributed by atoms with van der Waals surface area (Å²) >= 11 is 2.61. The van der Waals surface area contributed by atoms with E-state index in [0.717, 1.165) is 16.0 Å². The Kier molecular flexibility index (Phi) is 7.98. The lowest BCUT2D eigenvalue weighted by atomic mass is 10.1. The smallest absolute Gasteiger partial charge is 0.341 e. The van der Waals surface area contributed by atoms with Crippen LogP contribution in [-0.4, -0.2) is 53.2 Å². The number of aromatic nitrogens is 3. The predicted octanol–water partition coefficient (Wildman–Crippen LogP) is 4.09. The van der Waals surface area contributed by atoms with E-state index in [4.69, 9.17) is 14.2 Å². The van der Waals surface area contributed by atoms with E-state index in [-0.39, 0.29) is 18.3 Å². The van der Waals surface area contributed by atoms with Crippen LogP contribution < -0.4 is 14.8 Å². The fraction of sp³-hybridized carbons (Fsp3) is 0.364. The minimum atomic E-state index is -0.435. The summed E-state index contributed by atoms with van der Waals surface area (Å²) in [6.45, 7) is 5.77. The standard InChI is InChI=1S/C22H26N4O5S2/c1-7-31-21(28)18-12(2)13(3)33-20(18)23-17(27)11-32-22-25-24-19(26(22)4)14-8-9-15(29-5)16(10-14)30-6/h8-10H,7,11H2,1-6H3,(H,23,27). The summed E-state index contributed by atoms with van der Waals surface area (Å²) in [6, 6.07) is 5.49. The number of thioether (sulfide) groups is 1. The van der Waals surface area contributed by atoms with Crippen molar-refractivity contribution in [1.29, 1.82) is 0 Å². The molecule has 0 bridgehead atoms. The molecule has 2 heterocycles. The van der Waals surface area contributed by atoms with Crippen LogP contribution in [0.5, 0.6) is 11.5 Å². The van der Waals surface area contributed by atoms with Gasteiger partial charge in [-0.3, -0.25) is 4.79 Å². The molecule has 1 amide bonds. The number of rotatable bonds is 9. The molecule has 3 rings (SSSR count). The van der Waals surface area contributed by atoms with Crippen LogP contribution in [0.2, 0.25) is 0 Å². The van der Waals surface area contributed by atoms with Crippen LogP contribution >= 0.6 is 23.1 Å². The first-order chi connectivity index (χ1) is 15.8. The highest BCUT2D eigenvalue weighted by atomic mass is 32.2. The number of esters is 1.